The van der Waals surface area contributed by atoms with Crippen molar-refractivity contribution in [2.75, 3.05) is 26.4 Å². The van der Waals surface area contributed by atoms with Crippen molar-refractivity contribution >= 4 is 12.6 Å². The number of phenolic OH excluding ortho intramolecular Hbond substituents is 1. The lowest BCUT2D eigenvalue weighted by Gasteiger charge is -2.33. The highest BCUT2D eigenvalue weighted by atomic mass is 16.6. The SMILES string of the molecule is CC(C)(CO)CO.CC1(C)COB(c2ccc(-c3ccccc3O)cc2)OC1. The molecule has 0 bridgehead atoms. The van der Waals surface area contributed by atoms with Gasteiger partial charge in [0.25, 0.3) is 0 Å². The van der Waals surface area contributed by atoms with E-state index < -0.39 is 0 Å². The Morgan fingerprint density at radius 1 is 0.929 bits per heavy atom. The first-order valence-electron chi connectivity index (χ1n) is 9.51. The number of para-hydroxylation sites is 1. The van der Waals surface area contributed by atoms with Crippen LogP contribution in [0, 0.1) is 10.8 Å². The molecule has 2 aromatic rings. The van der Waals surface area contributed by atoms with Crippen LogP contribution in [0.25, 0.3) is 11.1 Å². The minimum absolute atomic E-state index is 0.0451. The molecule has 0 aromatic heterocycles. The Labute approximate surface area is 168 Å². The number of aliphatic hydroxyl groups is 2. The van der Waals surface area contributed by atoms with Crippen LogP contribution in [-0.4, -0.2) is 48.9 Å². The van der Waals surface area contributed by atoms with Gasteiger partial charge in [-0.05, 0) is 17.1 Å². The minimum atomic E-state index is -0.306. The first kappa shape index (κ1) is 22.4. The first-order valence-corrected chi connectivity index (χ1v) is 9.51. The van der Waals surface area contributed by atoms with E-state index in [4.69, 9.17) is 19.5 Å². The third-order valence-corrected chi connectivity index (χ3v) is 4.50. The van der Waals surface area contributed by atoms with Crippen LogP contribution in [0.1, 0.15) is 27.7 Å². The lowest BCUT2D eigenvalue weighted by molar-refractivity contribution is 0.0343. The Hall–Kier alpha value is -1.86. The summed E-state index contributed by atoms with van der Waals surface area (Å²) in [6.45, 7) is 9.33. The van der Waals surface area contributed by atoms with Gasteiger partial charge in [-0.3, -0.25) is 0 Å². The summed E-state index contributed by atoms with van der Waals surface area (Å²) in [5, 5.41) is 26.8. The number of rotatable bonds is 4. The van der Waals surface area contributed by atoms with Crippen molar-refractivity contribution < 1.29 is 24.6 Å². The van der Waals surface area contributed by atoms with Crippen LogP contribution in [0.3, 0.4) is 0 Å². The van der Waals surface area contributed by atoms with Crippen molar-refractivity contribution in [2.24, 2.45) is 10.8 Å². The normalized spacial score (nSPS) is 16.3. The zero-order chi connectivity index (χ0) is 20.8. The van der Waals surface area contributed by atoms with Gasteiger partial charge in [0.15, 0.2) is 0 Å². The average molecular weight is 386 g/mol. The van der Waals surface area contributed by atoms with E-state index in [1.165, 1.54) is 0 Å². The maximum atomic E-state index is 9.89. The first-order chi connectivity index (χ1) is 13.2. The second-order valence-electron chi connectivity index (χ2n) is 8.74. The Balaban J connectivity index is 0.000000345. The average Bonchev–Trinajstić information content (AvgIpc) is 2.69. The smallest absolute Gasteiger partial charge is 0.493 e. The summed E-state index contributed by atoms with van der Waals surface area (Å²) in [6.07, 6.45) is 0. The molecule has 1 heterocycles. The van der Waals surface area contributed by atoms with E-state index in [1.54, 1.807) is 19.9 Å². The largest absolute Gasteiger partial charge is 0.507 e. The summed E-state index contributed by atoms with van der Waals surface area (Å²) < 4.78 is 11.6. The van der Waals surface area contributed by atoms with Crippen LogP contribution < -0.4 is 5.46 Å². The van der Waals surface area contributed by atoms with Crippen molar-refractivity contribution in [1.82, 2.24) is 0 Å². The molecule has 0 unspecified atom stereocenters. The molecule has 6 heteroatoms. The molecule has 0 radical (unpaired) electrons. The van der Waals surface area contributed by atoms with Gasteiger partial charge in [-0.1, -0.05) is 70.2 Å². The summed E-state index contributed by atoms with van der Waals surface area (Å²) in [4.78, 5) is 0. The number of aromatic hydroxyl groups is 1. The topological polar surface area (TPSA) is 79.2 Å². The zero-order valence-electron chi connectivity index (χ0n) is 17.2. The van der Waals surface area contributed by atoms with Gasteiger partial charge in [0.2, 0.25) is 0 Å². The molecule has 5 nitrogen and oxygen atoms in total. The molecule has 0 spiro atoms. The standard InChI is InChI=1S/C17H19BO3.C5H12O2/c1-17(2)11-20-18(21-12-17)14-9-7-13(8-10-14)15-5-3-4-6-16(15)19;1-5(2,3-6)4-7/h3-10,19H,11-12H2,1-2H3;6-7H,3-4H2,1-2H3. The summed E-state index contributed by atoms with van der Waals surface area (Å²) in [7, 11) is -0.295. The molecule has 0 saturated carbocycles. The maximum Gasteiger partial charge on any atom is 0.493 e. The summed E-state index contributed by atoms with van der Waals surface area (Å²) in [6, 6.07) is 15.3. The van der Waals surface area contributed by atoms with E-state index in [1.807, 2.05) is 42.5 Å². The minimum Gasteiger partial charge on any atom is -0.507 e. The maximum absolute atomic E-state index is 9.89. The van der Waals surface area contributed by atoms with E-state index in [0.29, 0.717) is 13.2 Å². The fourth-order valence-corrected chi connectivity index (χ4v) is 2.47. The molecule has 28 heavy (non-hydrogen) atoms. The molecule has 1 aliphatic rings. The highest BCUT2D eigenvalue weighted by Crippen LogP contribution is 2.28. The van der Waals surface area contributed by atoms with Crippen LogP contribution in [0.4, 0.5) is 0 Å². The highest BCUT2D eigenvalue weighted by molar-refractivity contribution is 6.61. The quantitative estimate of drug-likeness (QED) is 0.705. The van der Waals surface area contributed by atoms with Crippen molar-refractivity contribution in [3.05, 3.63) is 48.5 Å². The molecule has 3 rings (SSSR count). The third-order valence-electron chi connectivity index (χ3n) is 4.50. The number of benzene rings is 2. The Bertz CT molecular complexity index is 727. The number of hydrogen-bond acceptors (Lipinski definition) is 5. The van der Waals surface area contributed by atoms with E-state index in [-0.39, 0.29) is 36.9 Å². The molecule has 152 valence electrons. The molecule has 3 N–H and O–H groups in total. The van der Waals surface area contributed by atoms with Crippen molar-refractivity contribution in [2.45, 2.75) is 27.7 Å². The molecular weight excluding hydrogens is 355 g/mol. The second-order valence-corrected chi connectivity index (χ2v) is 8.74. The number of hydrogen-bond donors (Lipinski definition) is 3. The lowest BCUT2D eigenvalue weighted by atomic mass is 9.75. The van der Waals surface area contributed by atoms with E-state index in [9.17, 15) is 5.11 Å². The van der Waals surface area contributed by atoms with Gasteiger partial charge in [-0.25, -0.2) is 0 Å². The van der Waals surface area contributed by atoms with Gasteiger partial charge in [0.1, 0.15) is 5.75 Å². The zero-order valence-corrected chi connectivity index (χ0v) is 17.2. The van der Waals surface area contributed by atoms with Gasteiger partial charge < -0.3 is 24.6 Å². The molecule has 1 aliphatic heterocycles. The number of phenols is 1. The molecule has 2 aromatic carbocycles. The van der Waals surface area contributed by atoms with Gasteiger partial charge in [0, 0.05) is 29.6 Å². The Kier molecular flexibility index (Phi) is 7.66. The van der Waals surface area contributed by atoms with Gasteiger partial charge in [-0.2, -0.15) is 0 Å². The molecular formula is C22H31BO5. The van der Waals surface area contributed by atoms with Gasteiger partial charge in [-0.15, -0.1) is 0 Å². The molecule has 0 atom stereocenters. The van der Waals surface area contributed by atoms with Crippen molar-refractivity contribution in [1.29, 1.82) is 0 Å². The van der Waals surface area contributed by atoms with Gasteiger partial charge >= 0.3 is 7.12 Å². The Morgan fingerprint density at radius 2 is 1.46 bits per heavy atom. The molecule has 0 amide bonds. The van der Waals surface area contributed by atoms with Crippen LogP contribution in [0.5, 0.6) is 5.75 Å². The van der Waals surface area contributed by atoms with Crippen LogP contribution in [0.2, 0.25) is 0 Å². The van der Waals surface area contributed by atoms with Crippen molar-refractivity contribution in [3.63, 3.8) is 0 Å². The van der Waals surface area contributed by atoms with E-state index in [2.05, 4.69) is 13.8 Å². The highest BCUT2D eigenvalue weighted by Gasteiger charge is 2.33. The van der Waals surface area contributed by atoms with Crippen LogP contribution in [-0.2, 0) is 9.31 Å². The second kappa shape index (κ2) is 9.57. The summed E-state index contributed by atoms with van der Waals surface area (Å²) in [5.41, 5.74) is 2.58. The summed E-state index contributed by atoms with van der Waals surface area (Å²) >= 11 is 0. The fraction of sp³-hybridized carbons (Fsp3) is 0.455. The summed E-state index contributed by atoms with van der Waals surface area (Å²) in [5.74, 6) is 0.289. The monoisotopic (exact) mass is 386 g/mol. The molecule has 1 fully saturated rings. The Morgan fingerprint density at radius 3 is 1.93 bits per heavy atom. The lowest BCUT2D eigenvalue weighted by Crippen LogP contribution is -2.47. The van der Waals surface area contributed by atoms with Crippen LogP contribution >= 0.6 is 0 Å². The third kappa shape index (κ3) is 6.35. The predicted molar refractivity (Wildman–Crippen MR) is 113 cm³/mol. The van der Waals surface area contributed by atoms with E-state index >= 15 is 0 Å². The number of aliphatic hydroxyl groups excluding tert-OH is 2. The molecule has 1 saturated heterocycles. The van der Waals surface area contributed by atoms with E-state index in [0.717, 1.165) is 16.6 Å². The van der Waals surface area contributed by atoms with Crippen molar-refractivity contribution in [3.8, 4) is 16.9 Å². The fourth-order valence-electron chi connectivity index (χ4n) is 2.47. The van der Waals surface area contributed by atoms with Crippen LogP contribution in [0.15, 0.2) is 48.5 Å². The predicted octanol–water partition coefficient (Wildman–Crippen LogP) is 2.82. The van der Waals surface area contributed by atoms with Gasteiger partial charge in [0.05, 0.1) is 13.2 Å². The molecule has 0 aliphatic carbocycles.